The maximum Gasteiger partial charge on any atom is 0.253 e. The summed E-state index contributed by atoms with van der Waals surface area (Å²) in [5.41, 5.74) is 2.37. The van der Waals surface area contributed by atoms with Crippen LogP contribution in [0, 0.1) is 16.7 Å². The Balaban J connectivity index is 2.44. The molecule has 1 aromatic carbocycles. The van der Waals surface area contributed by atoms with Gasteiger partial charge in [-0.2, -0.15) is 10.4 Å². The van der Waals surface area contributed by atoms with Gasteiger partial charge in [-0.3, -0.25) is 4.79 Å². The second-order valence-electron chi connectivity index (χ2n) is 5.45. The summed E-state index contributed by atoms with van der Waals surface area (Å²) in [7, 11) is 0. The third-order valence-electron chi connectivity index (χ3n) is 2.90. The molecule has 5 heteroatoms. The zero-order chi connectivity index (χ0) is 15.7. The first kappa shape index (κ1) is 17.3. The SMILES string of the molecule is CC(Sc1ccccc1)C(=O)N/N=C/C(C)(C)CCC#N. The van der Waals surface area contributed by atoms with Crippen molar-refractivity contribution in [1.29, 1.82) is 5.26 Å². The van der Waals surface area contributed by atoms with Gasteiger partial charge in [-0.25, -0.2) is 5.43 Å². The first-order valence-corrected chi connectivity index (χ1v) is 7.75. The van der Waals surface area contributed by atoms with Crippen molar-refractivity contribution >= 4 is 23.9 Å². The van der Waals surface area contributed by atoms with Crippen LogP contribution < -0.4 is 5.43 Å². The molecule has 0 aliphatic carbocycles. The highest BCUT2D eigenvalue weighted by Gasteiger charge is 2.16. The van der Waals surface area contributed by atoms with E-state index < -0.39 is 0 Å². The van der Waals surface area contributed by atoms with E-state index in [4.69, 9.17) is 5.26 Å². The first-order chi connectivity index (χ1) is 9.94. The number of carbonyl (C=O) groups is 1. The van der Waals surface area contributed by atoms with Crippen molar-refractivity contribution in [2.45, 2.75) is 43.8 Å². The fraction of sp³-hybridized carbons (Fsp3) is 0.438. The minimum Gasteiger partial charge on any atom is -0.272 e. The zero-order valence-electron chi connectivity index (χ0n) is 12.7. The van der Waals surface area contributed by atoms with Gasteiger partial charge in [0.05, 0.1) is 11.3 Å². The van der Waals surface area contributed by atoms with E-state index >= 15 is 0 Å². The molecule has 21 heavy (non-hydrogen) atoms. The molecule has 0 saturated heterocycles. The number of amides is 1. The molecule has 0 aromatic heterocycles. The predicted octanol–water partition coefficient (Wildman–Crippen LogP) is 3.60. The summed E-state index contributed by atoms with van der Waals surface area (Å²) in [5.74, 6) is -0.129. The molecule has 1 aromatic rings. The Morgan fingerprint density at radius 2 is 2.14 bits per heavy atom. The van der Waals surface area contributed by atoms with Crippen LogP contribution in [0.1, 0.15) is 33.6 Å². The summed E-state index contributed by atoms with van der Waals surface area (Å²) in [6.07, 6.45) is 2.90. The van der Waals surface area contributed by atoms with Crippen molar-refractivity contribution in [3.05, 3.63) is 30.3 Å². The second kappa shape index (κ2) is 8.48. The van der Waals surface area contributed by atoms with E-state index in [2.05, 4.69) is 16.6 Å². The molecule has 0 radical (unpaired) electrons. The number of hydrazone groups is 1. The lowest BCUT2D eigenvalue weighted by Crippen LogP contribution is -2.28. The Bertz CT molecular complexity index is 520. The van der Waals surface area contributed by atoms with Crippen LogP contribution in [0.15, 0.2) is 40.3 Å². The lowest BCUT2D eigenvalue weighted by molar-refractivity contribution is -0.120. The molecule has 1 unspecified atom stereocenters. The van der Waals surface area contributed by atoms with E-state index in [1.807, 2.05) is 51.1 Å². The summed E-state index contributed by atoms with van der Waals surface area (Å²) in [5, 5.41) is 12.4. The maximum absolute atomic E-state index is 11.9. The number of hydrogen-bond acceptors (Lipinski definition) is 4. The number of carbonyl (C=O) groups excluding carboxylic acids is 1. The van der Waals surface area contributed by atoms with Crippen molar-refractivity contribution in [2.75, 3.05) is 0 Å². The van der Waals surface area contributed by atoms with Crippen LogP contribution in [-0.4, -0.2) is 17.4 Å². The minimum absolute atomic E-state index is 0.129. The summed E-state index contributed by atoms with van der Waals surface area (Å²) in [6, 6.07) is 11.9. The van der Waals surface area contributed by atoms with Crippen LogP contribution >= 0.6 is 11.8 Å². The molecule has 1 rings (SSSR count). The van der Waals surface area contributed by atoms with E-state index in [-0.39, 0.29) is 16.6 Å². The summed E-state index contributed by atoms with van der Waals surface area (Å²) in [6.45, 7) is 5.83. The Morgan fingerprint density at radius 3 is 2.76 bits per heavy atom. The highest BCUT2D eigenvalue weighted by molar-refractivity contribution is 8.00. The van der Waals surface area contributed by atoms with E-state index in [0.29, 0.717) is 6.42 Å². The van der Waals surface area contributed by atoms with Crippen LogP contribution in [0.5, 0.6) is 0 Å². The van der Waals surface area contributed by atoms with Crippen molar-refractivity contribution in [3.63, 3.8) is 0 Å². The highest BCUT2D eigenvalue weighted by atomic mass is 32.2. The molecule has 1 atom stereocenters. The number of rotatable bonds is 7. The van der Waals surface area contributed by atoms with Gasteiger partial charge in [0.1, 0.15) is 0 Å². The maximum atomic E-state index is 11.9. The smallest absolute Gasteiger partial charge is 0.253 e. The predicted molar refractivity (Wildman–Crippen MR) is 87.0 cm³/mol. The Labute approximate surface area is 130 Å². The van der Waals surface area contributed by atoms with Gasteiger partial charge < -0.3 is 0 Å². The Hall–Kier alpha value is -1.80. The molecule has 0 aliphatic rings. The molecule has 1 amide bonds. The Kier molecular flexibility index (Phi) is 6.97. The molecule has 0 spiro atoms. The summed E-state index contributed by atoms with van der Waals surface area (Å²) in [4.78, 5) is 13.0. The number of nitrogens with zero attached hydrogens (tertiary/aromatic N) is 2. The van der Waals surface area contributed by atoms with E-state index in [9.17, 15) is 4.79 Å². The highest BCUT2D eigenvalue weighted by Crippen LogP contribution is 2.22. The average molecular weight is 303 g/mol. The summed E-state index contributed by atoms with van der Waals surface area (Å²) < 4.78 is 0. The van der Waals surface area contributed by atoms with E-state index in [1.54, 1.807) is 6.21 Å². The quantitative estimate of drug-likeness (QED) is 0.475. The molecule has 0 heterocycles. The minimum atomic E-state index is -0.216. The molecule has 1 N–H and O–H groups in total. The second-order valence-corrected chi connectivity index (χ2v) is 6.87. The number of nitrogens with one attached hydrogen (secondary N) is 1. The number of thioether (sulfide) groups is 1. The van der Waals surface area contributed by atoms with Gasteiger partial charge >= 0.3 is 0 Å². The first-order valence-electron chi connectivity index (χ1n) is 6.87. The Morgan fingerprint density at radius 1 is 1.48 bits per heavy atom. The van der Waals surface area contributed by atoms with Crippen molar-refractivity contribution in [3.8, 4) is 6.07 Å². The van der Waals surface area contributed by atoms with Gasteiger partial charge in [0.2, 0.25) is 0 Å². The standard InChI is InChI=1S/C16H21N3OS/c1-13(21-14-8-5-4-6-9-14)15(20)19-18-12-16(2,3)10-7-11-17/h4-6,8-9,12-13H,7,10H2,1-3H3,(H,19,20)/b18-12+. The molecule has 0 fully saturated rings. The number of benzene rings is 1. The van der Waals surface area contributed by atoms with Crippen molar-refractivity contribution in [2.24, 2.45) is 10.5 Å². The van der Waals surface area contributed by atoms with Crippen molar-refractivity contribution < 1.29 is 4.79 Å². The third-order valence-corrected chi connectivity index (χ3v) is 4.01. The van der Waals surface area contributed by atoms with Gasteiger partial charge in [-0.05, 0) is 25.5 Å². The molecule has 112 valence electrons. The van der Waals surface area contributed by atoms with Gasteiger partial charge in [-0.15, -0.1) is 11.8 Å². The fourth-order valence-electron chi connectivity index (χ4n) is 1.56. The molecule has 0 saturated carbocycles. The van der Waals surface area contributed by atoms with Crippen LogP contribution in [0.25, 0.3) is 0 Å². The molecule has 0 bridgehead atoms. The molecular formula is C16H21N3OS. The molecule has 4 nitrogen and oxygen atoms in total. The van der Waals surface area contributed by atoms with E-state index in [0.717, 1.165) is 11.3 Å². The van der Waals surface area contributed by atoms with Gasteiger partial charge in [0, 0.05) is 22.9 Å². The number of hydrogen-bond donors (Lipinski definition) is 1. The molecule has 0 aliphatic heterocycles. The van der Waals surface area contributed by atoms with Gasteiger partial charge in [0.15, 0.2) is 0 Å². The topological polar surface area (TPSA) is 65.2 Å². The lowest BCUT2D eigenvalue weighted by Gasteiger charge is -2.17. The largest absolute Gasteiger partial charge is 0.272 e. The zero-order valence-corrected chi connectivity index (χ0v) is 13.5. The van der Waals surface area contributed by atoms with E-state index in [1.165, 1.54) is 11.8 Å². The monoisotopic (exact) mass is 303 g/mol. The van der Waals surface area contributed by atoms with Gasteiger partial charge in [0.25, 0.3) is 5.91 Å². The van der Waals surface area contributed by atoms with Gasteiger partial charge in [-0.1, -0.05) is 32.0 Å². The third kappa shape index (κ3) is 6.96. The summed E-state index contributed by atoms with van der Waals surface area (Å²) >= 11 is 1.49. The molecular weight excluding hydrogens is 282 g/mol. The number of nitriles is 1. The normalized spacial score (nSPS) is 12.9. The van der Waals surface area contributed by atoms with Crippen LogP contribution in [0.3, 0.4) is 0 Å². The van der Waals surface area contributed by atoms with Crippen LogP contribution in [0.2, 0.25) is 0 Å². The fourth-order valence-corrected chi connectivity index (χ4v) is 2.44. The van der Waals surface area contributed by atoms with Crippen molar-refractivity contribution in [1.82, 2.24) is 5.43 Å². The average Bonchev–Trinajstić information content (AvgIpc) is 2.46. The van der Waals surface area contributed by atoms with Crippen LogP contribution in [-0.2, 0) is 4.79 Å². The lowest BCUT2D eigenvalue weighted by atomic mass is 9.90. The van der Waals surface area contributed by atoms with Crippen LogP contribution in [0.4, 0.5) is 0 Å².